The van der Waals surface area contributed by atoms with E-state index in [9.17, 15) is 0 Å². The molecule has 3 heteroatoms. The van der Waals surface area contributed by atoms with Crippen molar-refractivity contribution in [3.8, 4) is 18.1 Å². The van der Waals surface area contributed by atoms with Gasteiger partial charge in [0.05, 0.1) is 6.61 Å². The van der Waals surface area contributed by atoms with Gasteiger partial charge in [0.25, 0.3) is 0 Å². The normalized spacial score (nSPS) is 23.3. The highest BCUT2D eigenvalue weighted by molar-refractivity contribution is 5.38. The van der Waals surface area contributed by atoms with Gasteiger partial charge in [-0.05, 0) is 62.3 Å². The van der Waals surface area contributed by atoms with Crippen molar-refractivity contribution in [1.29, 1.82) is 0 Å². The second-order valence-corrected chi connectivity index (χ2v) is 6.01. The first-order chi connectivity index (χ1) is 10.2. The fourth-order valence-corrected chi connectivity index (χ4v) is 3.24. The molecule has 0 heterocycles. The van der Waals surface area contributed by atoms with Crippen LogP contribution >= 0.6 is 0 Å². The first-order valence-electron chi connectivity index (χ1n) is 7.88. The van der Waals surface area contributed by atoms with Crippen LogP contribution in [0.1, 0.15) is 37.7 Å². The van der Waals surface area contributed by atoms with Gasteiger partial charge in [0.1, 0.15) is 5.75 Å². The van der Waals surface area contributed by atoms with Crippen molar-refractivity contribution in [2.45, 2.75) is 38.1 Å². The number of hydrogen-bond acceptors (Lipinski definition) is 3. The highest BCUT2D eigenvalue weighted by Crippen LogP contribution is 2.31. The molecule has 1 aliphatic rings. The van der Waals surface area contributed by atoms with Crippen molar-refractivity contribution in [2.24, 2.45) is 23.3 Å². The summed E-state index contributed by atoms with van der Waals surface area (Å²) in [6, 6.07) is 8.04. The minimum absolute atomic E-state index is 0.341. The van der Waals surface area contributed by atoms with Gasteiger partial charge in [-0.15, -0.1) is 6.42 Å². The summed E-state index contributed by atoms with van der Waals surface area (Å²) in [6.45, 7) is 1.40. The third-order valence-corrected chi connectivity index (χ3v) is 4.42. The lowest BCUT2D eigenvalue weighted by atomic mass is 9.77. The summed E-state index contributed by atoms with van der Waals surface area (Å²) >= 11 is 0. The Kier molecular flexibility index (Phi) is 6.10. The Morgan fingerprint density at radius 2 is 2.24 bits per heavy atom. The maximum atomic E-state index is 6.11. The second-order valence-electron chi connectivity index (χ2n) is 6.01. The molecule has 1 saturated carbocycles. The van der Waals surface area contributed by atoms with Crippen LogP contribution in [-0.4, -0.2) is 19.2 Å². The standard InChI is InChI=1S/C18H26N2O/c1-2-14-5-3-8-18(11-14)21-13-16(9-10-19)15-6-4-7-17(20)12-15/h1,3,5,8,11,15-17H,4,6-7,9-10,12-13,19-20H2. The minimum atomic E-state index is 0.341. The zero-order valence-electron chi connectivity index (χ0n) is 12.6. The Hall–Kier alpha value is -1.50. The molecule has 0 aliphatic heterocycles. The molecule has 1 fully saturated rings. The zero-order chi connectivity index (χ0) is 15.1. The quantitative estimate of drug-likeness (QED) is 0.790. The summed E-state index contributed by atoms with van der Waals surface area (Å²) < 4.78 is 5.96. The van der Waals surface area contributed by atoms with E-state index in [1.54, 1.807) is 0 Å². The number of terminal acetylenes is 1. The van der Waals surface area contributed by atoms with Crippen LogP contribution in [0.4, 0.5) is 0 Å². The van der Waals surface area contributed by atoms with E-state index >= 15 is 0 Å². The molecule has 21 heavy (non-hydrogen) atoms. The molecule has 1 aromatic carbocycles. The van der Waals surface area contributed by atoms with Crippen LogP contribution < -0.4 is 16.2 Å². The monoisotopic (exact) mass is 286 g/mol. The first-order valence-corrected chi connectivity index (χ1v) is 7.88. The van der Waals surface area contributed by atoms with Crippen molar-refractivity contribution < 1.29 is 4.74 Å². The van der Waals surface area contributed by atoms with E-state index in [2.05, 4.69) is 5.92 Å². The summed E-state index contributed by atoms with van der Waals surface area (Å²) in [5.41, 5.74) is 12.7. The molecule has 0 amide bonds. The highest BCUT2D eigenvalue weighted by Gasteiger charge is 2.27. The third-order valence-electron chi connectivity index (χ3n) is 4.42. The molecule has 0 saturated heterocycles. The van der Waals surface area contributed by atoms with Crippen molar-refractivity contribution in [1.82, 2.24) is 0 Å². The number of nitrogens with two attached hydrogens (primary N) is 2. The van der Waals surface area contributed by atoms with Crippen molar-refractivity contribution in [3.05, 3.63) is 29.8 Å². The van der Waals surface area contributed by atoms with E-state index in [-0.39, 0.29) is 0 Å². The van der Waals surface area contributed by atoms with Gasteiger partial charge in [-0.3, -0.25) is 0 Å². The highest BCUT2D eigenvalue weighted by atomic mass is 16.5. The Labute approximate surface area is 128 Å². The average Bonchev–Trinajstić information content (AvgIpc) is 2.51. The van der Waals surface area contributed by atoms with Crippen LogP contribution in [0, 0.1) is 24.2 Å². The molecule has 2 rings (SSSR count). The predicted molar refractivity (Wildman–Crippen MR) is 87.0 cm³/mol. The van der Waals surface area contributed by atoms with Crippen molar-refractivity contribution >= 4 is 0 Å². The van der Waals surface area contributed by atoms with E-state index < -0.39 is 0 Å². The van der Waals surface area contributed by atoms with Crippen LogP contribution in [0.5, 0.6) is 5.75 Å². The summed E-state index contributed by atoms with van der Waals surface area (Å²) in [7, 11) is 0. The van der Waals surface area contributed by atoms with Crippen LogP contribution in [0.15, 0.2) is 24.3 Å². The fourth-order valence-electron chi connectivity index (χ4n) is 3.24. The van der Waals surface area contributed by atoms with E-state index in [0.717, 1.165) is 30.6 Å². The molecular weight excluding hydrogens is 260 g/mol. The average molecular weight is 286 g/mol. The van der Waals surface area contributed by atoms with E-state index in [4.69, 9.17) is 22.6 Å². The summed E-state index contributed by atoms with van der Waals surface area (Å²) in [5.74, 6) is 4.59. The molecule has 0 radical (unpaired) electrons. The number of benzene rings is 1. The van der Waals surface area contributed by atoms with Crippen molar-refractivity contribution in [2.75, 3.05) is 13.2 Å². The first kappa shape index (κ1) is 15.9. The largest absolute Gasteiger partial charge is 0.493 e. The van der Waals surface area contributed by atoms with Gasteiger partial charge < -0.3 is 16.2 Å². The molecule has 3 atom stereocenters. The van der Waals surface area contributed by atoms with Gasteiger partial charge in [-0.2, -0.15) is 0 Å². The maximum Gasteiger partial charge on any atom is 0.120 e. The maximum absolute atomic E-state index is 6.11. The molecule has 0 bridgehead atoms. The number of rotatable bonds is 6. The Morgan fingerprint density at radius 3 is 2.95 bits per heavy atom. The second kappa shape index (κ2) is 8.07. The third kappa shape index (κ3) is 4.77. The van der Waals surface area contributed by atoms with Gasteiger partial charge in [-0.1, -0.05) is 18.4 Å². The Morgan fingerprint density at radius 1 is 1.38 bits per heavy atom. The SMILES string of the molecule is C#Cc1cccc(OCC(CCN)C2CCCC(N)C2)c1. The van der Waals surface area contributed by atoms with Gasteiger partial charge in [0.15, 0.2) is 0 Å². The number of hydrogen-bond donors (Lipinski definition) is 2. The molecule has 3 unspecified atom stereocenters. The van der Waals surface area contributed by atoms with Crippen LogP contribution in [0.2, 0.25) is 0 Å². The molecule has 1 aliphatic carbocycles. The number of ether oxygens (including phenoxy) is 1. The smallest absolute Gasteiger partial charge is 0.120 e. The molecule has 0 aromatic heterocycles. The van der Waals surface area contributed by atoms with Gasteiger partial charge in [0.2, 0.25) is 0 Å². The molecule has 3 nitrogen and oxygen atoms in total. The zero-order valence-corrected chi connectivity index (χ0v) is 12.6. The predicted octanol–water partition coefficient (Wildman–Crippen LogP) is 2.53. The van der Waals surface area contributed by atoms with Crippen LogP contribution in [0.3, 0.4) is 0 Å². The summed E-state index contributed by atoms with van der Waals surface area (Å²) in [6.07, 6.45) is 11.1. The minimum Gasteiger partial charge on any atom is -0.493 e. The fraction of sp³-hybridized carbons (Fsp3) is 0.556. The summed E-state index contributed by atoms with van der Waals surface area (Å²) in [5, 5.41) is 0. The van der Waals surface area contributed by atoms with E-state index in [1.165, 1.54) is 12.8 Å². The lowest BCUT2D eigenvalue weighted by Gasteiger charge is -2.33. The van der Waals surface area contributed by atoms with Gasteiger partial charge in [-0.25, -0.2) is 0 Å². The van der Waals surface area contributed by atoms with Gasteiger partial charge in [0, 0.05) is 11.6 Å². The topological polar surface area (TPSA) is 61.3 Å². The Bertz CT molecular complexity index is 480. The molecule has 114 valence electrons. The Balaban J connectivity index is 1.94. The van der Waals surface area contributed by atoms with E-state index in [1.807, 2.05) is 24.3 Å². The van der Waals surface area contributed by atoms with Crippen molar-refractivity contribution in [3.63, 3.8) is 0 Å². The summed E-state index contributed by atoms with van der Waals surface area (Å²) in [4.78, 5) is 0. The lowest BCUT2D eigenvalue weighted by Crippen LogP contribution is -2.34. The van der Waals surface area contributed by atoms with Crippen LogP contribution in [0.25, 0.3) is 0 Å². The lowest BCUT2D eigenvalue weighted by molar-refractivity contribution is 0.148. The molecular formula is C18H26N2O. The molecule has 4 N–H and O–H groups in total. The van der Waals surface area contributed by atoms with Gasteiger partial charge >= 0.3 is 0 Å². The van der Waals surface area contributed by atoms with E-state index in [0.29, 0.717) is 31.0 Å². The molecule has 0 spiro atoms. The van der Waals surface area contributed by atoms with Crippen LogP contribution in [-0.2, 0) is 0 Å². The molecule has 1 aromatic rings.